The van der Waals surface area contributed by atoms with Crippen molar-refractivity contribution >= 4 is 23.9 Å². The number of hydrogen-bond acceptors (Lipinski definition) is 4. The number of carbonyl (C=O) groups is 3. The van der Waals surface area contributed by atoms with E-state index < -0.39 is 11.9 Å². The zero-order valence-electron chi connectivity index (χ0n) is 17.8. The van der Waals surface area contributed by atoms with E-state index in [2.05, 4.69) is 28.2 Å². The second kappa shape index (κ2) is 8.57. The molecule has 5 rings (SSSR count). The summed E-state index contributed by atoms with van der Waals surface area (Å²) in [4.78, 5) is 38.0. The highest BCUT2D eigenvalue weighted by Gasteiger charge is 2.39. The Balaban J connectivity index is 1.25. The van der Waals surface area contributed by atoms with Crippen LogP contribution in [0, 0.1) is 0 Å². The molecule has 0 saturated carbocycles. The molecule has 3 heterocycles. The van der Waals surface area contributed by atoms with Crippen LogP contribution in [0.25, 0.3) is 0 Å². The molecular weight excluding hydrogens is 406 g/mol. The summed E-state index contributed by atoms with van der Waals surface area (Å²) < 4.78 is 8.46. The highest BCUT2D eigenvalue weighted by atomic mass is 16.5. The summed E-state index contributed by atoms with van der Waals surface area (Å²) in [5.74, 6) is -0.111. The number of piperidine rings is 1. The van der Waals surface area contributed by atoms with Crippen LogP contribution < -0.4 is 10.1 Å². The van der Waals surface area contributed by atoms with Gasteiger partial charge in [-0.15, -0.1) is 0 Å². The van der Waals surface area contributed by atoms with Crippen molar-refractivity contribution in [2.75, 3.05) is 13.2 Å². The van der Waals surface area contributed by atoms with Gasteiger partial charge in [0.2, 0.25) is 11.8 Å². The first-order chi connectivity index (χ1) is 15.6. The lowest BCUT2D eigenvalue weighted by atomic mass is 10.0. The number of carbonyl (C=O) groups excluding carboxylic acids is 3. The minimum atomic E-state index is -0.600. The van der Waals surface area contributed by atoms with Crippen LogP contribution in [-0.2, 0) is 16.1 Å². The average Bonchev–Trinajstić information content (AvgIpc) is 3.37. The summed E-state index contributed by atoms with van der Waals surface area (Å²) in [5, 5.41) is 2.33. The summed E-state index contributed by atoms with van der Waals surface area (Å²) in [6.07, 6.45) is 5.03. The summed E-state index contributed by atoms with van der Waals surface area (Å²) in [5.41, 5.74) is 2.64. The van der Waals surface area contributed by atoms with Crippen molar-refractivity contribution in [3.8, 4) is 5.75 Å². The van der Waals surface area contributed by atoms with Gasteiger partial charge in [-0.05, 0) is 42.3 Å². The number of amides is 3. The van der Waals surface area contributed by atoms with Gasteiger partial charge in [-0.2, -0.15) is 0 Å². The van der Waals surface area contributed by atoms with Crippen molar-refractivity contribution < 1.29 is 23.7 Å². The number of nitrogens with one attached hydrogen (secondary N) is 1. The molecule has 2 aromatic carbocycles. The zero-order chi connectivity index (χ0) is 22.1. The molecule has 2 aromatic rings. The van der Waals surface area contributed by atoms with Gasteiger partial charge in [-0.25, -0.2) is 4.58 Å². The minimum absolute atomic E-state index is 0.166. The molecule has 1 unspecified atom stereocenters. The zero-order valence-corrected chi connectivity index (χ0v) is 17.8. The second-order valence-electron chi connectivity index (χ2n) is 8.60. The molecule has 0 spiro atoms. The smallest absolute Gasteiger partial charge is 0.255 e. The number of imide groups is 1. The van der Waals surface area contributed by atoms with Gasteiger partial charge in [0, 0.05) is 36.9 Å². The minimum Gasteiger partial charge on any atom is -0.487 e. The van der Waals surface area contributed by atoms with Crippen LogP contribution in [0.1, 0.15) is 47.2 Å². The molecule has 3 aliphatic rings. The molecular formula is C25H26N3O4+. The van der Waals surface area contributed by atoms with E-state index >= 15 is 0 Å². The molecule has 3 aliphatic heterocycles. The fourth-order valence-corrected chi connectivity index (χ4v) is 4.77. The lowest BCUT2D eigenvalue weighted by Gasteiger charge is -2.29. The Morgan fingerprint density at radius 2 is 1.94 bits per heavy atom. The van der Waals surface area contributed by atoms with E-state index in [4.69, 9.17) is 4.74 Å². The fraction of sp³-hybridized carbons (Fsp3) is 0.360. The number of nitrogens with zero attached hydrogens (tertiary/aromatic N) is 2. The van der Waals surface area contributed by atoms with Crippen molar-refractivity contribution in [1.82, 2.24) is 10.2 Å². The van der Waals surface area contributed by atoms with Gasteiger partial charge in [0.05, 0.1) is 0 Å². The first kappa shape index (κ1) is 20.4. The molecule has 7 heteroatoms. The Bertz CT molecular complexity index is 1100. The molecule has 1 N–H and O–H groups in total. The Morgan fingerprint density at radius 3 is 2.75 bits per heavy atom. The number of hydrogen-bond donors (Lipinski definition) is 1. The van der Waals surface area contributed by atoms with E-state index in [0.29, 0.717) is 31.2 Å². The Hall–Kier alpha value is -3.48. The number of benzene rings is 2. The van der Waals surface area contributed by atoms with Crippen molar-refractivity contribution in [3.63, 3.8) is 0 Å². The largest absolute Gasteiger partial charge is 0.487 e. The molecule has 2 atom stereocenters. The van der Waals surface area contributed by atoms with Crippen LogP contribution in [0.5, 0.6) is 5.75 Å². The molecule has 2 saturated heterocycles. The maximum Gasteiger partial charge on any atom is 0.255 e. The van der Waals surface area contributed by atoms with Crippen molar-refractivity contribution in [2.45, 2.75) is 44.3 Å². The number of ether oxygens (including phenoxy) is 1. The van der Waals surface area contributed by atoms with Gasteiger partial charge in [0.15, 0.2) is 12.3 Å². The van der Waals surface area contributed by atoms with E-state index in [1.807, 2.05) is 30.3 Å². The van der Waals surface area contributed by atoms with E-state index in [9.17, 15) is 14.4 Å². The van der Waals surface area contributed by atoms with E-state index in [0.717, 1.165) is 30.7 Å². The standard InChI is InChI=1S/C25H25N3O4/c29-23-11-10-22(24(30)26-23)28-15-18-13-20(8-9-21(18)25(28)31)32-16-19-7-4-12-27(19)14-17-5-2-1-3-6-17/h1-3,5-6,8-9,13-14,19,22H,4,7,10-12,15-16H2/p+1/t19-,22?/m0/s1. The maximum absolute atomic E-state index is 12.8. The first-order valence-corrected chi connectivity index (χ1v) is 11.1. The van der Waals surface area contributed by atoms with Crippen LogP contribution in [0.15, 0.2) is 48.5 Å². The van der Waals surface area contributed by atoms with Gasteiger partial charge >= 0.3 is 0 Å². The summed E-state index contributed by atoms with van der Waals surface area (Å²) >= 11 is 0. The Labute approximate surface area is 186 Å². The number of rotatable bonds is 5. The third-order valence-corrected chi connectivity index (χ3v) is 6.47. The van der Waals surface area contributed by atoms with Gasteiger partial charge < -0.3 is 9.64 Å². The predicted octanol–water partition coefficient (Wildman–Crippen LogP) is 2.12. The molecule has 7 nitrogen and oxygen atoms in total. The third kappa shape index (κ3) is 4.02. The lowest BCUT2D eigenvalue weighted by molar-refractivity contribution is -0.541. The Kier molecular flexibility index (Phi) is 5.47. The second-order valence-corrected chi connectivity index (χ2v) is 8.60. The van der Waals surface area contributed by atoms with Crippen LogP contribution in [0.4, 0.5) is 0 Å². The van der Waals surface area contributed by atoms with Crippen molar-refractivity contribution in [3.05, 3.63) is 65.2 Å². The van der Waals surface area contributed by atoms with Gasteiger partial charge in [0.25, 0.3) is 5.91 Å². The monoisotopic (exact) mass is 432 g/mol. The van der Waals surface area contributed by atoms with E-state index in [-0.39, 0.29) is 18.2 Å². The molecule has 0 aromatic heterocycles. The van der Waals surface area contributed by atoms with Crippen LogP contribution in [0.3, 0.4) is 0 Å². The SMILES string of the molecule is O=C1CCC(N2Cc3cc(OC[C@@H]4CCC[N+]4=Cc4ccccc4)ccc3C2=O)C(=O)N1. The van der Waals surface area contributed by atoms with Gasteiger partial charge in [-0.1, -0.05) is 18.2 Å². The topological polar surface area (TPSA) is 78.7 Å². The number of fused-ring (bicyclic) bond motifs is 1. The highest BCUT2D eigenvalue weighted by Crippen LogP contribution is 2.30. The summed E-state index contributed by atoms with van der Waals surface area (Å²) in [6, 6.07) is 15.5. The summed E-state index contributed by atoms with van der Waals surface area (Å²) in [6.45, 7) is 1.95. The molecule has 3 amide bonds. The van der Waals surface area contributed by atoms with Gasteiger partial charge in [-0.3, -0.25) is 19.7 Å². The van der Waals surface area contributed by atoms with Crippen molar-refractivity contribution in [2.24, 2.45) is 0 Å². The van der Waals surface area contributed by atoms with Crippen LogP contribution in [-0.4, -0.2) is 58.6 Å². The fourth-order valence-electron chi connectivity index (χ4n) is 4.77. The third-order valence-electron chi connectivity index (χ3n) is 6.47. The average molecular weight is 433 g/mol. The molecule has 0 bridgehead atoms. The summed E-state index contributed by atoms with van der Waals surface area (Å²) in [7, 11) is 0. The molecule has 0 radical (unpaired) electrons. The molecule has 0 aliphatic carbocycles. The van der Waals surface area contributed by atoms with E-state index in [1.54, 1.807) is 11.0 Å². The lowest BCUT2D eigenvalue weighted by Crippen LogP contribution is -2.52. The quantitative estimate of drug-likeness (QED) is 0.580. The maximum atomic E-state index is 12.8. The normalized spacial score (nSPS) is 24.1. The van der Waals surface area contributed by atoms with Crippen LogP contribution in [0.2, 0.25) is 0 Å². The van der Waals surface area contributed by atoms with Crippen LogP contribution >= 0.6 is 0 Å². The molecule has 2 fully saturated rings. The van der Waals surface area contributed by atoms with Crippen molar-refractivity contribution in [1.29, 1.82) is 0 Å². The highest BCUT2D eigenvalue weighted by molar-refractivity contribution is 6.05. The van der Waals surface area contributed by atoms with Gasteiger partial charge in [0.1, 0.15) is 24.9 Å². The Morgan fingerprint density at radius 1 is 1.09 bits per heavy atom. The molecule has 164 valence electrons. The predicted molar refractivity (Wildman–Crippen MR) is 118 cm³/mol. The molecule has 32 heavy (non-hydrogen) atoms. The van der Waals surface area contributed by atoms with E-state index in [1.165, 1.54) is 5.56 Å². The first-order valence-electron chi connectivity index (χ1n) is 11.1.